The van der Waals surface area contributed by atoms with E-state index in [0.717, 1.165) is 36.1 Å². The van der Waals surface area contributed by atoms with Gasteiger partial charge in [0.05, 0.1) is 18.6 Å². The van der Waals surface area contributed by atoms with Crippen LogP contribution < -0.4 is 5.32 Å². The van der Waals surface area contributed by atoms with Crippen molar-refractivity contribution < 1.29 is 33.0 Å². The Labute approximate surface area is 195 Å². The molecule has 2 aromatic rings. The first-order valence-corrected chi connectivity index (χ1v) is 11.7. The Morgan fingerprint density at radius 3 is 2.48 bits per heavy atom. The van der Waals surface area contributed by atoms with Crippen LogP contribution in [0.4, 0.5) is 9.39 Å². The van der Waals surface area contributed by atoms with Crippen molar-refractivity contribution >= 4 is 40.0 Å². The molecule has 0 fully saturated rings. The number of esters is 2. The van der Waals surface area contributed by atoms with Crippen LogP contribution in [0.25, 0.3) is 0 Å². The zero-order valence-electron chi connectivity index (χ0n) is 18.6. The van der Waals surface area contributed by atoms with Gasteiger partial charge < -0.3 is 14.8 Å². The van der Waals surface area contributed by atoms with E-state index < -0.39 is 29.8 Å². The molecular weight excluding hydrogens is 449 g/mol. The fraction of sp³-hybridized carbons (Fsp3) is 0.417. The fourth-order valence-corrected chi connectivity index (χ4v) is 4.87. The minimum Gasteiger partial charge on any atom is -0.462 e. The van der Waals surface area contributed by atoms with Gasteiger partial charge in [0.15, 0.2) is 11.9 Å². The first kappa shape index (κ1) is 24.6. The molecule has 0 saturated carbocycles. The number of nitrogens with one attached hydrogen (secondary N) is 1. The zero-order valence-corrected chi connectivity index (χ0v) is 19.4. The lowest BCUT2D eigenvalue weighted by Gasteiger charge is -2.14. The van der Waals surface area contributed by atoms with Crippen LogP contribution >= 0.6 is 11.3 Å². The van der Waals surface area contributed by atoms with E-state index in [1.807, 2.05) is 0 Å². The molecule has 9 heteroatoms. The van der Waals surface area contributed by atoms with Crippen LogP contribution in [0.3, 0.4) is 0 Å². The van der Waals surface area contributed by atoms with Gasteiger partial charge in [-0.15, -0.1) is 11.3 Å². The number of ketones is 1. The van der Waals surface area contributed by atoms with E-state index in [9.17, 15) is 23.6 Å². The number of hydrogen-bond acceptors (Lipinski definition) is 7. The maximum absolute atomic E-state index is 13.0. The van der Waals surface area contributed by atoms with Gasteiger partial charge in [-0.05, 0) is 69.4 Å². The highest BCUT2D eigenvalue weighted by Gasteiger charge is 2.29. The molecule has 1 amide bonds. The number of ether oxygens (including phenoxy) is 2. The van der Waals surface area contributed by atoms with Crippen LogP contribution in [-0.4, -0.2) is 36.3 Å². The van der Waals surface area contributed by atoms with Crippen LogP contribution in [0.15, 0.2) is 24.3 Å². The molecule has 0 saturated heterocycles. The minimum absolute atomic E-state index is 0.122. The van der Waals surface area contributed by atoms with Crippen molar-refractivity contribution in [2.75, 3.05) is 11.9 Å². The average molecular weight is 476 g/mol. The summed E-state index contributed by atoms with van der Waals surface area (Å²) in [7, 11) is 0. The molecule has 33 heavy (non-hydrogen) atoms. The van der Waals surface area contributed by atoms with E-state index in [1.165, 1.54) is 42.5 Å². The molecule has 0 bridgehead atoms. The average Bonchev–Trinajstić information content (AvgIpc) is 3.15. The molecule has 0 spiro atoms. The van der Waals surface area contributed by atoms with Gasteiger partial charge in [-0.3, -0.25) is 14.4 Å². The molecule has 0 aliphatic heterocycles. The smallest absolute Gasteiger partial charge is 0.341 e. The molecule has 1 atom stereocenters. The number of rotatable bonds is 9. The predicted octanol–water partition coefficient (Wildman–Crippen LogP) is 4.48. The second-order valence-corrected chi connectivity index (χ2v) is 8.79. The van der Waals surface area contributed by atoms with Gasteiger partial charge in [-0.25, -0.2) is 9.18 Å². The van der Waals surface area contributed by atoms with Crippen molar-refractivity contribution in [1.29, 1.82) is 0 Å². The predicted molar refractivity (Wildman–Crippen MR) is 121 cm³/mol. The van der Waals surface area contributed by atoms with Gasteiger partial charge in [0.1, 0.15) is 10.8 Å². The molecule has 0 radical (unpaired) electrons. The van der Waals surface area contributed by atoms with Crippen molar-refractivity contribution in [2.45, 2.75) is 58.5 Å². The summed E-state index contributed by atoms with van der Waals surface area (Å²) in [4.78, 5) is 50.5. The number of thiophene rings is 1. The molecule has 1 aromatic heterocycles. The monoisotopic (exact) mass is 475 g/mol. The van der Waals surface area contributed by atoms with E-state index in [2.05, 4.69) is 5.32 Å². The first-order valence-electron chi connectivity index (χ1n) is 10.9. The number of carbonyl (C=O) groups is 4. The van der Waals surface area contributed by atoms with Gasteiger partial charge >= 0.3 is 11.9 Å². The van der Waals surface area contributed by atoms with E-state index in [0.29, 0.717) is 16.1 Å². The SMILES string of the molecule is CCOC(=O)c1c(NC(=O)[C@@H](C)OC(=O)CCC(=O)c2ccc(F)cc2)sc2c1CCCC2. The van der Waals surface area contributed by atoms with Gasteiger partial charge in [0.25, 0.3) is 5.91 Å². The van der Waals surface area contributed by atoms with Crippen LogP contribution in [0.1, 0.15) is 70.7 Å². The molecule has 1 heterocycles. The maximum atomic E-state index is 13.0. The quantitative estimate of drug-likeness (QED) is 0.424. The highest BCUT2D eigenvalue weighted by Crippen LogP contribution is 2.38. The topological polar surface area (TPSA) is 98.8 Å². The van der Waals surface area contributed by atoms with Crippen molar-refractivity contribution in [3.8, 4) is 0 Å². The van der Waals surface area contributed by atoms with Gasteiger partial charge in [-0.2, -0.15) is 0 Å². The third kappa shape index (κ3) is 6.25. The molecular formula is C24H26FNO6S. The zero-order chi connectivity index (χ0) is 24.0. The second kappa shape index (κ2) is 11.2. The number of halogens is 1. The van der Waals surface area contributed by atoms with Gasteiger partial charge in [0.2, 0.25) is 0 Å². The highest BCUT2D eigenvalue weighted by atomic mass is 32.1. The summed E-state index contributed by atoms with van der Waals surface area (Å²) in [5, 5.41) is 3.11. The first-order chi connectivity index (χ1) is 15.8. The summed E-state index contributed by atoms with van der Waals surface area (Å²) < 4.78 is 23.3. The Kier molecular flexibility index (Phi) is 8.32. The van der Waals surface area contributed by atoms with E-state index in [1.54, 1.807) is 6.92 Å². The Bertz CT molecular complexity index is 1050. The standard InChI is InChI=1S/C24H26FNO6S/c1-3-31-24(30)21-17-6-4-5-7-19(17)33-23(21)26-22(29)14(2)32-20(28)13-12-18(27)15-8-10-16(25)11-9-15/h8-11,14H,3-7,12-13H2,1-2H3,(H,26,29)/t14-/m1/s1. The normalized spacial score (nSPS) is 13.5. The number of benzene rings is 1. The van der Waals surface area contributed by atoms with Crippen LogP contribution in [0, 0.1) is 5.82 Å². The number of amides is 1. The van der Waals surface area contributed by atoms with E-state index in [-0.39, 0.29) is 25.2 Å². The summed E-state index contributed by atoms with van der Waals surface area (Å²) in [6.07, 6.45) is 2.13. The number of hydrogen-bond donors (Lipinski definition) is 1. The molecule has 1 aliphatic rings. The van der Waals surface area contributed by atoms with Crippen molar-refractivity contribution in [3.63, 3.8) is 0 Å². The molecule has 1 N–H and O–H groups in total. The van der Waals surface area contributed by atoms with Crippen LogP contribution in [0.5, 0.6) is 0 Å². The lowest BCUT2D eigenvalue weighted by Crippen LogP contribution is -2.30. The second-order valence-electron chi connectivity index (χ2n) is 7.69. The Morgan fingerprint density at radius 1 is 1.09 bits per heavy atom. The lowest BCUT2D eigenvalue weighted by atomic mass is 9.95. The van der Waals surface area contributed by atoms with Gasteiger partial charge in [-0.1, -0.05) is 0 Å². The summed E-state index contributed by atoms with van der Waals surface area (Å²) in [5.74, 6) is -2.53. The molecule has 3 rings (SSSR count). The number of fused-ring (bicyclic) bond motifs is 1. The highest BCUT2D eigenvalue weighted by molar-refractivity contribution is 7.17. The number of Topliss-reactive ketones (excluding diaryl/α,β-unsaturated/α-hetero) is 1. The molecule has 1 aromatic carbocycles. The van der Waals surface area contributed by atoms with Crippen LogP contribution in [0.2, 0.25) is 0 Å². The molecule has 176 valence electrons. The molecule has 0 unspecified atom stereocenters. The minimum atomic E-state index is -1.12. The van der Waals surface area contributed by atoms with Gasteiger partial charge in [0, 0.05) is 16.9 Å². The van der Waals surface area contributed by atoms with Crippen molar-refractivity contribution in [3.05, 3.63) is 51.7 Å². The number of anilines is 1. The van der Waals surface area contributed by atoms with E-state index in [4.69, 9.17) is 9.47 Å². The van der Waals surface area contributed by atoms with E-state index >= 15 is 0 Å². The largest absolute Gasteiger partial charge is 0.462 e. The third-order valence-corrected chi connectivity index (χ3v) is 6.49. The summed E-state index contributed by atoms with van der Waals surface area (Å²) in [6, 6.07) is 5.04. The maximum Gasteiger partial charge on any atom is 0.341 e. The summed E-state index contributed by atoms with van der Waals surface area (Å²) in [6.45, 7) is 3.37. The van der Waals surface area contributed by atoms with Crippen molar-refractivity contribution in [1.82, 2.24) is 0 Å². The third-order valence-electron chi connectivity index (χ3n) is 5.29. The van der Waals surface area contributed by atoms with Crippen molar-refractivity contribution in [2.24, 2.45) is 0 Å². The Morgan fingerprint density at radius 2 is 1.79 bits per heavy atom. The Balaban J connectivity index is 1.58. The summed E-state index contributed by atoms with van der Waals surface area (Å²) in [5.41, 5.74) is 1.60. The lowest BCUT2D eigenvalue weighted by molar-refractivity contribution is -0.153. The fourth-order valence-electron chi connectivity index (χ4n) is 3.59. The molecule has 1 aliphatic carbocycles. The van der Waals surface area contributed by atoms with Crippen LogP contribution in [-0.2, 0) is 31.9 Å². The number of aryl methyl sites for hydroxylation is 1. The summed E-state index contributed by atoms with van der Waals surface area (Å²) >= 11 is 1.35. The molecule has 7 nitrogen and oxygen atoms in total. The number of carbonyl (C=O) groups excluding carboxylic acids is 4. The Hall–Kier alpha value is -3.07.